The van der Waals surface area contributed by atoms with E-state index in [1.165, 1.54) is 0 Å². The van der Waals surface area contributed by atoms with Gasteiger partial charge in [0.25, 0.3) is 0 Å². The van der Waals surface area contributed by atoms with Gasteiger partial charge in [0.05, 0.1) is 6.42 Å². The van der Waals surface area contributed by atoms with Gasteiger partial charge in [-0.1, -0.05) is 56.3 Å². The molecule has 0 bridgehead atoms. The Balaban J connectivity index is 1.53. The summed E-state index contributed by atoms with van der Waals surface area (Å²) >= 11 is 0. The Bertz CT molecular complexity index is 878. The number of amides is 3. The number of rotatable bonds is 8. The predicted molar refractivity (Wildman–Crippen MR) is 117 cm³/mol. The third kappa shape index (κ3) is 5.69. The van der Waals surface area contributed by atoms with Crippen molar-refractivity contribution < 1.29 is 14.4 Å². The first-order chi connectivity index (χ1) is 14.4. The third-order valence-corrected chi connectivity index (χ3v) is 5.26. The number of carbonyl (C=O) groups excluding carboxylic acids is 3. The summed E-state index contributed by atoms with van der Waals surface area (Å²) in [6.07, 6.45) is 1.74. The van der Waals surface area contributed by atoms with E-state index in [0.717, 1.165) is 29.8 Å². The highest BCUT2D eigenvalue weighted by molar-refractivity contribution is 5.95. The van der Waals surface area contributed by atoms with Crippen LogP contribution in [0.4, 0.5) is 5.69 Å². The monoisotopic (exact) mass is 407 g/mol. The Labute approximate surface area is 177 Å². The van der Waals surface area contributed by atoms with Crippen LogP contribution in [0.5, 0.6) is 0 Å². The van der Waals surface area contributed by atoms with Gasteiger partial charge in [0.15, 0.2) is 0 Å². The second kappa shape index (κ2) is 10.1. The molecule has 0 saturated carbocycles. The van der Waals surface area contributed by atoms with Crippen molar-refractivity contribution in [3.63, 3.8) is 0 Å². The highest BCUT2D eigenvalue weighted by Gasteiger charge is 2.24. The van der Waals surface area contributed by atoms with Gasteiger partial charge in [-0.05, 0) is 35.6 Å². The molecule has 0 aliphatic carbocycles. The summed E-state index contributed by atoms with van der Waals surface area (Å²) in [6.45, 7) is 4.95. The molecule has 0 radical (unpaired) electrons. The lowest BCUT2D eigenvalue weighted by molar-refractivity contribution is -0.129. The molecule has 2 N–H and O–H groups in total. The predicted octanol–water partition coefficient (Wildman–Crippen LogP) is 2.81. The van der Waals surface area contributed by atoms with Crippen LogP contribution in [-0.2, 0) is 27.3 Å². The zero-order chi connectivity index (χ0) is 21.5. The van der Waals surface area contributed by atoms with Crippen LogP contribution in [0.3, 0.4) is 0 Å². The van der Waals surface area contributed by atoms with E-state index in [-0.39, 0.29) is 30.1 Å². The summed E-state index contributed by atoms with van der Waals surface area (Å²) in [6, 6.07) is 16.5. The van der Waals surface area contributed by atoms with Gasteiger partial charge in [-0.25, -0.2) is 0 Å². The van der Waals surface area contributed by atoms with Crippen molar-refractivity contribution in [2.75, 3.05) is 11.4 Å². The molecule has 1 fully saturated rings. The SMILES string of the molecule is CC(C)C(NC(=O)Cc1ccccc1)C(=O)NCc1ccc(N2CCCC2=O)cc1. The molecule has 3 amide bonds. The van der Waals surface area contributed by atoms with Crippen LogP contribution < -0.4 is 15.5 Å². The highest BCUT2D eigenvalue weighted by Crippen LogP contribution is 2.21. The molecule has 6 nitrogen and oxygen atoms in total. The van der Waals surface area contributed by atoms with Gasteiger partial charge in [-0.3, -0.25) is 14.4 Å². The van der Waals surface area contributed by atoms with E-state index in [1.54, 1.807) is 4.90 Å². The highest BCUT2D eigenvalue weighted by atomic mass is 16.2. The lowest BCUT2D eigenvalue weighted by Crippen LogP contribution is -2.49. The van der Waals surface area contributed by atoms with E-state index in [0.29, 0.717) is 13.0 Å². The molecule has 3 rings (SSSR count). The molecule has 1 atom stereocenters. The summed E-state index contributed by atoms with van der Waals surface area (Å²) < 4.78 is 0. The summed E-state index contributed by atoms with van der Waals surface area (Å²) in [4.78, 5) is 38.7. The van der Waals surface area contributed by atoms with Gasteiger partial charge < -0.3 is 15.5 Å². The number of hydrogen-bond donors (Lipinski definition) is 2. The molecule has 6 heteroatoms. The molecule has 1 heterocycles. The maximum absolute atomic E-state index is 12.7. The fourth-order valence-electron chi connectivity index (χ4n) is 3.55. The van der Waals surface area contributed by atoms with Gasteiger partial charge in [-0.15, -0.1) is 0 Å². The molecule has 30 heavy (non-hydrogen) atoms. The number of anilines is 1. The van der Waals surface area contributed by atoms with Gasteiger partial charge >= 0.3 is 0 Å². The maximum atomic E-state index is 12.7. The summed E-state index contributed by atoms with van der Waals surface area (Å²) in [5.41, 5.74) is 2.74. The molecule has 1 saturated heterocycles. The number of hydrogen-bond acceptors (Lipinski definition) is 3. The van der Waals surface area contributed by atoms with Crippen molar-refractivity contribution in [3.05, 3.63) is 65.7 Å². The minimum atomic E-state index is -0.595. The Morgan fingerprint density at radius 2 is 1.70 bits per heavy atom. The molecular weight excluding hydrogens is 378 g/mol. The van der Waals surface area contributed by atoms with Gasteiger partial charge in [-0.2, -0.15) is 0 Å². The number of nitrogens with zero attached hydrogens (tertiary/aromatic N) is 1. The molecule has 158 valence electrons. The normalized spacial score (nSPS) is 14.6. The minimum Gasteiger partial charge on any atom is -0.350 e. The second-order valence-corrected chi connectivity index (χ2v) is 7.98. The first kappa shape index (κ1) is 21.6. The van der Waals surface area contributed by atoms with E-state index in [2.05, 4.69) is 10.6 Å². The van der Waals surface area contributed by atoms with E-state index in [1.807, 2.05) is 68.4 Å². The molecule has 1 unspecified atom stereocenters. The van der Waals surface area contributed by atoms with Crippen molar-refractivity contribution in [2.45, 2.75) is 45.7 Å². The van der Waals surface area contributed by atoms with Crippen LogP contribution >= 0.6 is 0 Å². The lowest BCUT2D eigenvalue weighted by atomic mass is 10.0. The van der Waals surface area contributed by atoms with Crippen LogP contribution in [0.15, 0.2) is 54.6 Å². The van der Waals surface area contributed by atoms with Crippen LogP contribution in [0, 0.1) is 5.92 Å². The van der Waals surface area contributed by atoms with Crippen molar-refractivity contribution in [3.8, 4) is 0 Å². The first-order valence-corrected chi connectivity index (χ1v) is 10.4. The third-order valence-electron chi connectivity index (χ3n) is 5.26. The summed E-state index contributed by atoms with van der Waals surface area (Å²) in [5, 5.41) is 5.77. The molecule has 1 aliphatic heterocycles. The fourth-order valence-corrected chi connectivity index (χ4v) is 3.55. The maximum Gasteiger partial charge on any atom is 0.243 e. The van der Waals surface area contributed by atoms with Crippen molar-refractivity contribution in [1.29, 1.82) is 0 Å². The quantitative estimate of drug-likeness (QED) is 0.706. The molecular formula is C24H29N3O3. The largest absolute Gasteiger partial charge is 0.350 e. The van der Waals surface area contributed by atoms with E-state index in [4.69, 9.17) is 0 Å². The Kier molecular flexibility index (Phi) is 7.22. The average molecular weight is 408 g/mol. The van der Waals surface area contributed by atoms with Crippen LogP contribution in [0.2, 0.25) is 0 Å². The van der Waals surface area contributed by atoms with Crippen molar-refractivity contribution >= 4 is 23.4 Å². The smallest absolute Gasteiger partial charge is 0.243 e. The van der Waals surface area contributed by atoms with Gasteiger partial charge in [0.2, 0.25) is 17.7 Å². The topological polar surface area (TPSA) is 78.5 Å². The Hall–Kier alpha value is -3.15. The van der Waals surface area contributed by atoms with Crippen molar-refractivity contribution in [2.24, 2.45) is 5.92 Å². The standard InChI is InChI=1S/C24H29N3O3/c1-17(2)23(26-21(28)15-18-7-4-3-5-8-18)24(30)25-16-19-10-12-20(13-11-19)27-14-6-9-22(27)29/h3-5,7-8,10-13,17,23H,6,9,14-16H2,1-2H3,(H,25,30)(H,26,28). The number of benzene rings is 2. The minimum absolute atomic E-state index is 0.0340. The molecule has 1 aliphatic rings. The molecule has 2 aromatic rings. The van der Waals surface area contributed by atoms with Crippen LogP contribution in [-0.4, -0.2) is 30.3 Å². The first-order valence-electron chi connectivity index (χ1n) is 10.4. The van der Waals surface area contributed by atoms with Crippen LogP contribution in [0.25, 0.3) is 0 Å². The van der Waals surface area contributed by atoms with Crippen LogP contribution in [0.1, 0.15) is 37.8 Å². The van der Waals surface area contributed by atoms with E-state index < -0.39 is 6.04 Å². The number of nitrogens with one attached hydrogen (secondary N) is 2. The zero-order valence-corrected chi connectivity index (χ0v) is 17.6. The fraction of sp³-hybridized carbons (Fsp3) is 0.375. The zero-order valence-electron chi connectivity index (χ0n) is 17.6. The Morgan fingerprint density at radius 1 is 1.00 bits per heavy atom. The Morgan fingerprint density at radius 3 is 2.30 bits per heavy atom. The van der Waals surface area contributed by atoms with E-state index >= 15 is 0 Å². The van der Waals surface area contributed by atoms with Gasteiger partial charge in [0.1, 0.15) is 6.04 Å². The molecule has 0 spiro atoms. The summed E-state index contributed by atoms with van der Waals surface area (Å²) in [7, 11) is 0. The molecule has 2 aromatic carbocycles. The number of carbonyl (C=O) groups is 3. The average Bonchev–Trinajstić information content (AvgIpc) is 3.17. The summed E-state index contributed by atoms with van der Waals surface area (Å²) in [5.74, 6) is -0.254. The van der Waals surface area contributed by atoms with Crippen molar-refractivity contribution in [1.82, 2.24) is 10.6 Å². The lowest BCUT2D eigenvalue weighted by Gasteiger charge is -2.22. The van der Waals surface area contributed by atoms with Gasteiger partial charge in [0, 0.05) is 25.2 Å². The molecule has 0 aromatic heterocycles. The second-order valence-electron chi connectivity index (χ2n) is 7.98. The van der Waals surface area contributed by atoms with E-state index in [9.17, 15) is 14.4 Å².